The van der Waals surface area contributed by atoms with Crippen molar-refractivity contribution >= 4 is 5.91 Å². The molecule has 0 spiro atoms. The molecule has 0 aliphatic heterocycles. The highest BCUT2D eigenvalue weighted by Crippen LogP contribution is 2.12. The molecule has 0 saturated heterocycles. The summed E-state index contributed by atoms with van der Waals surface area (Å²) < 4.78 is 0. The van der Waals surface area contributed by atoms with E-state index < -0.39 is 0 Å². The molecule has 0 heterocycles. The number of hydrogen-bond acceptors (Lipinski definition) is 2. The van der Waals surface area contributed by atoms with Gasteiger partial charge >= 0.3 is 0 Å². The molecule has 2 rings (SSSR count). The summed E-state index contributed by atoms with van der Waals surface area (Å²) in [5.41, 5.74) is 3.19. The summed E-state index contributed by atoms with van der Waals surface area (Å²) >= 11 is 0. The average molecular weight is 296 g/mol. The molecule has 3 nitrogen and oxygen atoms in total. The Morgan fingerprint density at radius 3 is 2.36 bits per heavy atom. The van der Waals surface area contributed by atoms with E-state index in [-0.39, 0.29) is 5.91 Å². The molecule has 0 fully saturated rings. The summed E-state index contributed by atoms with van der Waals surface area (Å²) in [6.45, 7) is 1.51. The molecule has 0 aromatic heterocycles. The minimum Gasteiger partial charge on any atom is -0.351 e. The monoisotopic (exact) mass is 296 g/mol. The van der Waals surface area contributed by atoms with Crippen molar-refractivity contribution in [3.63, 3.8) is 0 Å². The van der Waals surface area contributed by atoms with Gasteiger partial charge in [-0.15, -0.1) is 0 Å². The molecule has 0 saturated carbocycles. The van der Waals surface area contributed by atoms with Crippen molar-refractivity contribution in [3.8, 4) is 0 Å². The van der Waals surface area contributed by atoms with E-state index in [9.17, 15) is 4.79 Å². The number of aryl methyl sites for hydroxylation is 2. The SMILES string of the molecule is CN(C)CCNC(=O)c1ccccc1CCc1ccccc1. The van der Waals surface area contributed by atoms with Crippen LogP contribution in [-0.2, 0) is 12.8 Å². The smallest absolute Gasteiger partial charge is 0.251 e. The zero-order valence-electron chi connectivity index (χ0n) is 13.4. The van der Waals surface area contributed by atoms with Crippen molar-refractivity contribution < 1.29 is 4.79 Å². The lowest BCUT2D eigenvalue weighted by Crippen LogP contribution is -2.31. The standard InChI is InChI=1S/C19H24N2O/c1-21(2)15-14-20-19(22)18-11-7-6-10-17(18)13-12-16-8-4-3-5-9-16/h3-11H,12-15H2,1-2H3,(H,20,22). The molecule has 1 N–H and O–H groups in total. The molecule has 0 radical (unpaired) electrons. The molecule has 0 unspecified atom stereocenters. The van der Waals surface area contributed by atoms with Crippen molar-refractivity contribution in [3.05, 3.63) is 71.3 Å². The number of nitrogens with one attached hydrogen (secondary N) is 1. The maximum absolute atomic E-state index is 12.3. The Morgan fingerprint density at radius 2 is 1.64 bits per heavy atom. The van der Waals surface area contributed by atoms with Crippen molar-refractivity contribution in [2.75, 3.05) is 27.2 Å². The van der Waals surface area contributed by atoms with Crippen LogP contribution in [-0.4, -0.2) is 38.0 Å². The summed E-state index contributed by atoms with van der Waals surface area (Å²) in [6.07, 6.45) is 1.82. The van der Waals surface area contributed by atoms with Crippen LogP contribution < -0.4 is 5.32 Å². The Labute approximate surface area is 133 Å². The van der Waals surface area contributed by atoms with Gasteiger partial charge in [-0.1, -0.05) is 48.5 Å². The number of carbonyl (C=O) groups excluding carboxylic acids is 1. The second kappa shape index (κ2) is 8.35. The van der Waals surface area contributed by atoms with Gasteiger partial charge in [-0.25, -0.2) is 0 Å². The van der Waals surface area contributed by atoms with Crippen LogP contribution in [0.5, 0.6) is 0 Å². The van der Waals surface area contributed by atoms with Gasteiger partial charge in [0.1, 0.15) is 0 Å². The quantitative estimate of drug-likeness (QED) is 0.852. The first-order valence-electron chi connectivity index (χ1n) is 7.71. The van der Waals surface area contributed by atoms with Gasteiger partial charge in [-0.2, -0.15) is 0 Å². The van der Waals surface area contributed by atoms with Crippen molar-refractivity contribution in [2.24, 2.45) is 0 Å². The van der Waals surface area contributed by atoms with Crippen LogP contribution in [0, 0.1) is 0 Å². The maximum Gasteiger partial charge on any atom is 0.251 e. The van der Waals surface area contributed by atoms with Crippen LogP contribution in [0.4, 0.5) is 0 Å². The highest BCUT2D eigenvalue weighted by atomic mass is 16.1. The molecule has 22 heavy (non-hydrogen) atoms. The lowest BCUT2D eigenvalue weighted by molar-refractivity contribution is 0.0950. The van der Waals surface area contributed by atoms with Crippen LogP contribution >= 0.6 is 0 Å². The second-order valence-electron chi connectivity index (χ2n) is 5.70. The topological polar surface area (TPSA) is 32.3 Å². The predicted molar refractivity (Wildman–Crippen MR) is 91.2 cm³/mol. The van der Waals surface area contributed by atoms with Crippen LogP contribution in [0.3, 0.4) is 0 Å². The first kappa shape index (κ1) is 16.2. The van der Waals surface area contributed by atoms with E-state index in [4.69, 9.17) is 0 Å². The largest absolute Gasteiger partial charge is 0.351 e. The Balaban J connectivity index is 1.98. The third-order valence-electron chi connectivity index (χ3n) is 3.63. The predicted octanol–water partition coefficient (Wildman–Crippen LogP) is 2.76. The van der Waals surface area contributed by atoms with Crippen LogP contribution in [0.15, 0.2) is 54.6 Å². The van der Waals surface area contributed by atoms with E-state index in [0.717, 1.165) is 30.5 Å². The van der Waals surface area contributed by atoms with E-state index in [1.165, 1.54) is 5.56 Å². The van der Waals surface area contributed by atoms with E-state index >= 15 is 0 Å². The Bertz CT molecular complexity index is 593. The molecule has 0 atom stereocenters. The lowest BCUT2D eigenvalue weighted by Gasteiger charge is -2.12. The van der Waals surface area contributed by atoms with Gasteiger partial charge in [0.2, 0.25) is 0 Å². The van der Waals surface area contributed by atoms with Gasteiger partial charge in [0, 0.05) is 18.7 Å². The number of likely N-dealkylation sites (N-methyl/N-ethyl adjacent to an activating group) is 1. The maximum atomic E-state index is 12.3. The summed E-state index contributed by atoms with van der Waals surface area (Å²) in [6, 6.07) is 18.2. The molecule has 2 aromatic carbocycles. The normalized spacial score (nSPS) is 10.7. The molecule has 116 valence electrons. The van der Waals surface area contributed by atoms with Crippen LogP contribution in [0.2, 0.25) is 0 Å². The molecule has 3 heteroatoms. The van der Waals surface area contributed by atoms with Gasteiger partial charge in [-0.3, -0.25) is 4.79 Å². The fourth-order valence-electron chi connectivity index (χ4n) is 2.37. The first-order valence-corrected chi connectivity index (χ1v) is 7.71. The number of nitrogens with zero attached hydrogens (tertiary/aromatic N) is 1. The van der Waals surface area contributed by atoms with Crippen molar-refractivity contribution in [2.45, 2.75) is 12.8 Å². The molecular weight excluding hydrogens is 272 g/mol. The molecule has 0 bridgehead atoms. The zero-order valence-corrected chi connectivity index (χ0v) is 13.4. The highest BCUT2D eigenvalue weighted by Gasteiger charge is 2.10. The van der Waals surface area contributed by atoms with Gasteiger partial charge in [0.25, 0.3) is 5.91 Å². The number of carbonyl (C=O) groups is 1. The van der Waals surface area contributed by atoms with Crippen LogP contribution in [0.25, 0.3) is 0 Å². The number of rotatable bonds is 7. The Kier molecular flexibility index (Phi) is 6.16. The fraction of sp³-hybridized carbons (Fsp3) is 0.316. The average Bonchev–Trinajstić information content (AvgIpc) is 2.54. The number of hydrogen-bond donors (Lipinski definition) is 1. The molecule has 0 aliphatic carbocycles. The summed E-state index contributed by atoms with van der Waals surface area (Å²) in [5.74, 6) is 0.0190. The van der Waals surface area contributed by atoms with Gasteiger partial charge in [-0.05, 0) is 44.1 Å². The third kappa shape index (κ3) is 5.01. The van der Waals surface area contributed by atoms with Gasteiger partial charge in [0.15, 0.2) is 0 Å². The Hall–Kier alpha value is -2.13. The van der Waals surface area contributed by atoms with Gasteiger partial charge in [0.05, 0.1) is 0 Å². The molecule has 1 amide bonds. The van der Waals surface area contributed by atoms with E-state index in [0.29, 0.717) is 6.54 Å². The highest BCUT2D eigenvalue weighted by molar-refractivity contribution is 5.95. The molecule has 2 aromatic rings. The minimum absolute atomic E-state index is 0.0190. The Morgan fingerprint density at radius 1 is 0.955 bits per heavy atom. The number of amides is 1. The van der Waals surface area contributed by atoms with E-state index in [1.807, 2.05) is 44.4 Å². The van der Waals surface area contributed by atoms with Crippen molar-refractivity contribution in [1.82, 2.24) is 10.2 Å². The molecular formula is C19H24N2O. The number of benzene rings is 2. The van der Waals surface area contributed by atoms with Crippen molar-refractivity contribution in [1.29, 1.82) is 0 Å². The van der Waals surface area contributed by atoms with E-state index in [1.54, 1.807) is 0 Å². The summed E-state index contributed by atoms with van der Waals surface area (Å²) in [4.78, 5) is 14.4. The van der Waals surface area contributed by atoms with Gasteiger partial charge < -0.3 is 10.2 Å². The molecule has 0 aliphatic rings. The van der Waals surface area contributed by atoms with Crippen LogP contribution in [0.1, 0.15) is 21.5 Å². The lowest BCUT2D eigenvalue weighted by atomic mass is 9.99. The summed E-state index contributed by atoms with van der Waals surface area (Å²) in [7, 11) is 4.00. The first-order chi connectivity index (χ1) is 10.7. The fourth-order valence-corrected chi connectivity index (χ4v) is 2.37. The third-order valence-corrected chi connectivity index (χ3v) is 3.63. The zero-order chi connectivity index (χ0) is 15.8. The van der Waals surface area contributed by atoms with E-state index in [2.05, 4.69) is 34.5 Å². The minimum atomic E-state index is 0.0190. The second-order valence-corrected chi connectivity index (χ2v) is 5.70. The summed E-state index contributed by atoms with van der Waals surface area (Å²) in [5, 5.41) is 2.99.